The first-order valence-electron chi connectivity index (χ1n) is 5.52. The highest BCUT2D eigenvalue weighted by atomic mass is 16.1. The molecule has 3 rings (SSSR count). The standard InChI is InChI=1S/C13H14N2O/c1-7-3-8(2)12-9(4-7)13(16)10-5-14-6-11(10)15-12/h3-4,14H,5-6H2,1-2H3,(H,15,16). The number of aromatic amines is 1. The topological polar surface area (TPSA) is 44.9 Å². The van der Waals surface area contributed by atoms with E-state index in [4.69, 9.17) is 0 Å². The van der Waals surface area contributed by atoms with E-state index in [1.165, 1.54) is 0 Å². The first-order chi connectivity index (χ1) is 7.66. The van der Waals surface area contributed by atoms with E-state index in [0.29, 0.717) is 6.54 Å². The Kier molecular flexibility index (Phi) is 1.91. The van der Waals surface area contributed by atoms with E-state index in [0.717, 1.165) is 39.8 Å². The summed E-state index contributed by atoms with van der Waals surface area (Å²) in [6.45, 7) is 5.53. The van der Waals surface area contributed by atoms with Crippen LogP contribution in [0.3, 0.4) is 0 Å². The Bertz CT molecular complexity index is 640. The molecule has 2 aromatic rings. The van der Waals surface area contributed by atoms with Gasteiger partial charge in [-0.25, -0.2) is 0 Å². The number of nitrogens with one attached hydrogen (secondary N) is 2. The number of aromatic nitrogens is 1. The number of hydrogen-bond donors (Lipinski definition) is 2. The minimum absolute atomic E-state index is 0.181. The fourth-order valence-corrected chi connectivity index (χ4v) is 2.49. The van der Waals surface area contributed by atoms with Crippen molar-refractivity contribution in [3.8, 4) is 0 Å². The fraction of sp³-hybridized carbons (Fsp3) is 0.308. The number of fused-ring (bicyclic) bond motifs is 2. The number of aryl methyl sites for hydroxylation is 2. The highest BCUT2D eigenvalue weighted by Gasteiger charge is 2.17. The number of pyridine rings is 1. The van der Waals surface area contributed by atoms with Crippen LogP contribution in [0.15, 0.2) is 16.9 Å². The van der Waals surface area contributed by atoms with Crippen LogP contribution in [-0.2, 0) is 13.1 Å². The summed E-state index contributed by atoms with van der Waals surface area (Å²) in [6, 6.07) is 4.08. The average Bonchev–Trinajstić information content (AvgIpc) is 2.68. The van der Waals surface area contributed by atoms with Crippen molar-refractivity contribution in [1.82, 2.24) is 10.3 Å². The molecule has 0 spiro atoms. The lowest BCUT2D eigenvalue weighted by atomic mass is 10.0. The third kappa shape index (κ3) is 1.21. The second kappa shape index (κ2) is 3.19. The summed E-state index contributed by atoms with van der Waals surface area (Å²) < 4.78 is 0. The van der Waals surface area contributed by atoms with Gasteiger partial charge in [0, 0.05) is 29.7 Å². The van der Waals surface area contributed by atoms with Gasteiger partial charge in [0.25, 0.3) is 0 Å². The van der Waals surface area contributed by atoms with Crippen LogP contribution in [0.25, 0.3) is 10.9 Å². The average molecular weight is 214 g/mol. The van der Waals surface area contributed by atoms with E-state index in [1.807, 2.05) is 19.9 Å². The van der Waals surface area contributed by atoms with E-state index in [1.54, 1.807) is 0 Å². The number of rotatable bonds is 0. The molecule has 16 heavy (non-hydrogen) atoms. The Morgan fingerprint density at radius 1 is 1.19 bits per heavy atom. The largest absolute Gasteiger partial charge is 0.357 e. The number of benzene rings is 1. The maximum Gasteiger partial charge on any atom is 0.194 e. The normalized spacial score (nSPS) is 14.4. The highest BCUT2D eigenvalue weighted by molar-refractivity contribution is 5.83. The predicted molar refractivity (Wildman–Crippen MR) is 64.6 cm³/mol. The van der Waals surface area contributed by atoms with Crippen LogP contribution < -0.4 is 10.7 Å². The molecule has 1 aromatic heterocycles. The number of H-pyrrole nitrogens is 1. The molecule has 0 unspecified atom stereocenters. The summed E-state index contributed by atoms with van der Waals surface area (Å²) >= 11 is 0. The van der Waals surface area contributed by atoms with Gasteiger partial charge in [-0.05, 0) is 31.0 Å². The van der Waals surface area contributed by atoms with Crippen molar-refractivity contribution in [3.05, 3.63) is 44.7 Å². The Hall–Kier alpha value is -1.61. The van der Waals surface area contributed by atoms with E-state index < -0.39 is 0 Å². The van der Waals surface area contributed by atoms with Crippen molar-refractivity contribution in [3.63, 3.8) is 0 Å². The van der Waals surface area contributed by atoms with Gasteiger partial charge in [-0.3, -0.25) is 4.79 Å². The van der Waals surface area contributed by atoms with Crippen LogP contribution >= 0.6 is 0 Å². The molecule has 0 saturated carbocycles. The Morgan fingerprint density at radius 2 is 2.00 bits per heavy atom. The van der Waals surface area contributed by atoms with Crippen molar-refractivity contribution < 1.29 is 0 Å². The maximum absolute atomic E-state index is 12.3. The highest BCUT2D eigenvalue weighted by Crippen LogP contribution is 2.19. The fourth-order valence-electron chi connectivity index (χ4n) is 2.49. The lowest BCUT2D eigenvalue weighted by Gasteiger charge is -2.07. The van der Waals surface area contributed by atoms with Crippen LogP contribution in [-0.4, -0.2) is 4.98 Å². The van der Waals surface area contributed by atoms with Gasteiger partial charge >= 0.3 is 0 Å². The minimum Gasteiger partial charge on any atom is -0.357 e. The lowest BCUT2D eigenvalue weighted by molar-refractivity contribution is 0.757. The smallest absolute Gasteiger partial charge is 0.194 e. The van der Waals surface area contributed by atoms with Crippen molar-refractivity contribution in [2.45, 2.75) is 26.9 Å². The van der Waals surface area contributed by atoms with Crippen molar-refractivity contribution in [1.29, 1.82) is 0 Å². The monoisotopic (exact) mass is 214 g/mol. The summed E-state index contributed by atoms with van der Waals surface area (Å²) in [5, 5.41) is 4.03. The maximum atomic E-state index is 12.3. The van der Waals surface area contributed by atoms with Gasteiger partial charge in [0.2, 0.25) is 0 Å². The molecular formula is C13H14N2O. The van der Waals surface area contributed by atoms with Crippen LogP contribution in [0.2, 0.25) is 0 Å². The molecule has 0 aliphatic carbocycles. The predicted octanol–water partition coefficient (Wildman–Crippen LogP) is 1.75. The zero-order valence-corrected chi connectivity index (χ0v) is 9.48. The van der Waals surface area contributed by atoms with Gasteiger partial charge in [0.1, 0.15) is 0 Å². The van der Waals surface area contributed by atoms with Crippen LogP contribution in [0.5, 0.6) is 0 Å². The SMILES string of the molecule is Cc1cc(C)c2[nH]c3c(c(=O)c2c1)CNC3. The van der Waals surface area contributed by atoms with E-state index in [-0.39, 0.29) is 5.43 Å². The molecule has 0 saturated heterocycles. The molecule has 0 atom stereocenters. The van der Waals surface area contributed by atoms with Gasteiger partial charge in [-0.15, -0.1) is 0 Å². The van der Waals surface area contributed by atoms with Crippen LogP contribution in [0.1, 0.15) is 22.4 Å². The summed E-state index contributed by atoms with van der Waals surface area (Å²) in [4.78, 5) is 15.6. The Labute approximate surface area is 93.5 Å². The van der Waals surface area contributed by atoms with Crippen molar-refractivity contribution in [2.75, 3.05) is 0 Å². The molecule has 3 nitrogen and oxygen atoms in total. The minimum atomic E-state index is 0.181. The van der Waals surface area contributed by atoms with E-state index >= 15 is 0 Å². The molecule has 0 fully saturated rings. The zero-order chi connectivity index (χ0) is 11.3. The summed E-state index contributed by atoms with van der Waals surface area (Å²) in [6.07, 6.45) is 0. The molecule has 1 aromatic carbocycles. The molecule has 3 heteroatoms. The Balaban J connectivity index is 2.51. The molecule has 0 amide bonds. The molecule has 2 N–H and O–H groups in total. The molecule has 0 radical (unpaired) electrons. The van der Waals surface area contributed by atoms with E-state index in [2.05, 4.69) is 16.4 Å². The van der Waals surface area contributed by atoms with Crippen molar-refractivity contribution in [2.24, 2.45) is 0 Å². The third-order valence-electron chi connectivity index (χ3n) is 3.24. The molecular weight excluding hydrogens is 200 g/mol. The van der Waals surface area contributed by atoms with E-state index in [9.17, 15) is 4.79 Å². The molecule has 82 valence electrons. The second-order valence-electron chi connectivity index (χ2n) is 4.52. The summed E-state index contributed by atoms with van der Waals surface area (Å²) in [5.74, 6) is 0. The van der Waals surface area contributed by atoms with Crippen LogP contribution in [0.4, 0.5) is 0 Å². The van der Waals surface area contributed by atoms with Gasteiger partial charge in [0.05, 0.1) is 5.52 Å². The van der Waals surface area contributed by atoms with Gasteiger partial charge in [-0.2, -0.15) is 0 Å². The van der Waals surface area contributed by atoms with Gasteiger partial charge in [0.15, 0.2) is 5.43 Å². The Morgan fingerprint density at radius 3 is 2.81 bits per heavy atom. The van der Waals surface area contributed by atoms with Gasteiger partial charge in [-0.1, -0.05) is 6.07 Å². The second-order valence-corrected chi connectivity index (χ2v) is 4.52. The molecule has 1 aliphatic heterocycles. The quantitative estimate of drug-likeness (QED) is 0.701. The van der Waals surface area contributed by atoms with Crippen LogP contribution in [0, 0.1) is 13.8 Å². The zero-order valence-electron chi connectivity index (χ0n) is 9.48. The molecule has 1 aliphatic rings. The first-order valence-corrected chi connectivity index (χ1v) is 5.52. The van der Waals surface area contributed by atoms with Crippen molar-refractivity contribution >= 4 is 10.9 Å². The summed E-state index contributed by atoms with van der Waals surface area (Å²) in [7, 11) is 0. The lowest BCUT2D eigenvalue weighted by Crippen LogP contribution is -2.12. The third-order valence-corrected chi connectivity index (χ3v) is 3.24. The number of hydrogen-bond acceptors (Lipinski definition) is 2. The summed E-state index contributed by atoms with van der Waals surface area (Å²) in [5.41, 5.74) is 5.39. The first kappa shape index (κ1) is 9.60. The van der Waals surface area contributed by atoms with Gasteiger partial charge < -0.3 is 10.3 Å². The molecule has 0 bridgehead atoms. The molecule has 2 heterocycles.